The van der Waals surface area contributed by atoms with E-state index in [1.807, 2.05) is 13.0 Å². The molecule has 0 aliphatic carbocycles. The van der Waals surface area contributed by atoms with Gasteiger partial charge >= 0.3 is 0 Å². The zero-order valence-electron chi connectivity index (χ0n) is 12.7. The first kappa shape index (κ1) is 15.9. The zero-order valence-corrected chi connectivity index (χ0v) is 13.4. The molecule has 0 saturated heterocycles. The van der Waals surface area contributed by atoms with Crippen molar-refractivity contribution in [3.8, 4) is 11.5 Å². The third kappa shape index (κ3) is 3.52. The summed E-state index contributed by atoms with van der Waals surface area (Å²) >= 11 is 6.09. The normalized spacial score (nSPS) is 10.6. The summed E-state index contributed by atoms with van der Waals surface area (Å²) in [7, 11) is 0. The molecule has 0 unspecified atom stereocenters. The van der Waals surface area contributed by atoms with E-state index < -0.39 is 0 Å². The van der Waals surface area contributed by atoms with E-state index in [0.29, 0.717) is 16.3 Å². The number of rotatable bonds is 4. The molecule has 3 aromatic rings. The van der Waals surface area contributed by atoms with Gasteiger partial charge in [-0.15, -0.1) is 10.2 Å². The van der Waals surface area contributed by atoms with E-state index >= 15 is 0 Å². The number of benzene rings is 1. The maximum Gasteiger partial charge on any atom is 0.251 e. The third-order valence-corrected chi connectivity index (χ3v) is 3.62. The number of hydrogen-bond acceptors (Lipinski definition) is 5. The summed E-state index contributed by atoms with van der Waals surface area (Å²) in [5.74, 6) is -0.101. The molecule has 0 aliphatic heterocycles. The molecule has 1 aromatic carbocycles. The Labute approximate surface area is 141 Å². The number of amides is 1. The Balaban J connectivity index is 1.79. The van der Waals surface area contributed by atoms with Gasteiger partial charge in [0.2, 0.25) is 18.2 Å². The predicted molar refractivity (Wildman–Crippen MR) is 88.8 cm³/mol. The highest BCUT2D eigenvalue weighted by Crippen LogP contribution is 2.22. The van der Waals surface area contributed by atoms with Crippen molar-refractivity contribution < 1.29 is 9.21 Å². The Morgan fingerprint density at radius 3 is 2.88 bits per heavy atom. The number of hydrogen-bond donors (Lipinski definition) is 1. The number of carbonyl (C=O) groups excluding carboxylic acids is 1. The van der Waals surface area contributed by atoms with Crippen LogP contribution in [0.25, 0.3) is 11.5 Å². The van der Waals surface area contributed by atoms with E-state index in [-0.39, 0.29) is 23.9 Å². The minimum atomic E-state index is -0.370. The Morgan fingerprint density at radius 2 is 2.17 bits per heavy atom. The minimum absolute atomic E-state index is 0.162. The summed E-state index contributed by atoms with van der Waals surface area (Å²) in [5, 5.41) is 10.5. The lowest BCUT2D eigenvalue weighted by molar-refractivity contribution is -0.116. The van der Waals surface area contributed by atoms with Crippen LogP contribution >= 0.6 is 11.6 Å². The highest BCUT2D eigenvalue weighted by molar-refractivity contribution is 6.33. The molecular weight excluding hydrogens is 332 g/mol. The van der Waals surface area contributed by atoms with Crippen LogP contribution in [0.3, 0.4) is 0 Å². The fraction of sp³-hybridized carbons (Fsp3) is 0.125. The Bertz CT molecular complexity index is 935. The van der Waals surface area contributed by atoms with Crippen molar-refractivity contribution in [1.29, 1.82) is 0 Å². The molecule has 1 amide bonds. The van der Waals surface area contributed by atoms with E-state index in [1.54, 1.807) is 18.2 Å². The van der Waals surface area contributed by atoms with Gasteiger partial charge in [0.25, 0.3) is 5.56 Å². The van der Waals surface area contributed by atoms with E-state index in [1.165, 1.54) is 23.2 Å². The van der Waals surface area contributed by atoms with Crippen LogP contribution in [0.1, 0.15) is 5.56 Å². The topological polar surface area (TPSA) is 90.0 Å². The number of halogens is 1. The van der Waals surface area contributed by atoms with Crippen molar-refractivity contribution in [3.63, 3.8) is 0 Å². The van der Waals surface area contributed by atoms with E-state index in [2.05, 4.69) is 15.5 Å². The first-order chi connectivity index (χ1) is 11.5. The van der Waals surface area contributed by atoms with Crippen LogP contribution in [0.15, 0.2) is 52.1 Å². The van der Waals surface area contributed by atoms with Crippen LogP contribution in [-0.4, -0.2) is 20.7 Å². The smallest absolute Gasteiger partial charge is 0.251 e. The number of anilines is 1. The Hall–Kier alpha value is -2.93. The second-order valence-corrected chi connectivity index (χ2v) is 5.57. The van der Waals surface area contributed by atoms with Gasteiger partial charge in [-0.25, -0.2) is 0 Å². The van der Waals surface area contributed by atoms with Crippen molar-refractivity contribution in [3.05, 3.63) is 63.9 Å². The van der Waals surface area contributed by atoms with Crippen molar-refractivity contribution >= 4 is 23.2 Å². The third-order valence-electron chi connectivity index (χ3n) is 3.30. The van der Waals surface area contributed by atoms with Gasteiger partial charge in [0.1, 0.15) is 6.54 Å². The molecule has 1 N–H and O–H groups in total. The summed E-state index contributed by atoms with van der Waals surface area (Å²) in [6, 6.07) is 8.20. The lowest BCUT2D eigenvalue weighted by Crippen LogP contribution is -2.27. The van der Waals surface area contributed by atoms with Gasteiger partial charge in [-0.2, -0.15) is 0 Å². The lowest BCUT2D eigenvalue weighted by Gasteiger charge is -2.10. The van der Waals surface area contributed by atoms with Crippen molar-refractivity contribution in [1.82, 2.24) is 14.8 Å². The average molecular weight is 345 g/mol. The Kier molecular flexibility index (Phi) is 4.43. The van der Waals surface area contributed by atoms with Crippen LogP contribution in [0, 0.1) is 6.92 Å². The fourth-order valence-corrected chi connectivity index (χ4v) is 2.43. The van der Waals surface area contributed by atoms with Crippen LogP contribution in [0.2, 0.25) is 5.02 Å². The van der Waals surface area contributed by atoms with Gasteiger partial charge in [-0.3, -0.25) is 9.59 Å². The van der Waals surface area contributed by atoms with Crippen LogP contribution in [-0.2, 0) is 11.3 Å². The van der Waals surface area contributed by atoms with Gasteiger partial charge in [0.05, 0.1) is 16.3 Å². The molecule has 2 heterocycles. The van der Waals surface area contributed by atoms with Crippen LogP contribution in [0.5, 0.6) is 0 Å². The maximum atomic E-state index is 12.2. The number of pyridine rings is 1. The number of aromatic nitrogens is 3. The van der Waals surface area contributed by atoms with Crippen molar-refractivity contribution in [2.45, 2.75) is 13.5 Å². The first-order valence-electron chi connectivity index (χ1n) is 7.06. The minimum Gasteiger partial charge on any atom is -0.423 e. The molecule has 24 heavy (non-hydrogen) atoms. The monoisotopic (exact) mass is 344 g/mol. The first-order valence-corrected chi connectivity index (χ1v) is 7.44. The van der Waals surface area contributed by atoms with Crippen LogP contribution in [0.4, 0.5) is 5.69 Å². The van der Waals surface area contributed by atoms with E-state index in [4.69, 9.17) is 16.0 Å². The highest BCUT2D eigenvalue weighted by Gasteiger charge is 2.10. The molecule has 0 saturated carbocycles. The summed E-state index contributed by atoms with van der Waals surface area (Å²) in [5.41, 5.74) is 1.71. The molecule has 0 atom stereocenters. The molecular formula is C16H13ClN4O3. The maximum absolute atomic E-state index is 12.2. The van der Waals surface area contributed by atoms with Crippen molar-refractivity contribution in [2.24, 2.45) is 0 Å². The summed E-state index contributed by atoms with van der Waals surface area (Å²) in [6.07, 6.45) is 2.68. The predicted octanol–water partition coefficient (Wildman–Crippen LogP) is 2.50. The standard InChI is InChI=1S/C16H13ClN4O3/c1-10-2-4-13(12(17)6-10)19-14(22)8-21-7-11(3-5-15(21)23)16-20-18-9-24-16/h2-7,9H,8H2,1H3,(H,19,22). The van der Waals surface area contributed by atoms with Crippen molar-refractivity contribution in [2.75, 3.05) is 5.32 Å². The number of carbonyl (C=O) groups is 1. The molecule has 0 radical (unpaired) electrons. The van der Waals surface area contributed by atoms with Gasteiger partial charge in [-0.05, 0) is 30.7 Å². The number of nitrogens with one attached hydrogen (secondary N) is 1. The molecule has 122 valence electrons. The second-order valence-electron chi connectivity index (χ2n) is 5.16. The number of aryl methyl sites for hydroxylation is 1. The van der Waals surface area contributed by atoms with Gasteiger partial charge in [0.15, 0.2) is 0 Å². The summed E-state index contributed by atoms with van der Waals surface area (Å²) < 4.78 is 6.35. The highest BCUT2D eigenvalue weighted by atomic mass is 35.5. The van der Waals surface area contributed by atoms with Crippen LogP contribution < -0.4 is 10.9 Å². The van der Waals surface area contributed by atoms with Gasteiger partial charge < -0.3 is 14.3 Å². The van der Waals surface area contributed by atoms with Gasteiger partial charge in [-0.1, -0.05) is 17.7 Å². The molecule has 7 nitrogen and oxygen atoms in total. The largest absolute Gasteiger partial charge is 0.423 e. The Morgan fingerprint density at radius 1 is 1.33 bits per heavy atom. The molecule has 0 bridgehead atoms. The average Bonchev–Trinajstić information content (AvgIpc) is 3.07. The van der Waals surface area contributed by atoms with E-state index in [9.17, 15) is 9.59 Å². The lowest BCUT2D eigenvalue weighted by atomic mass is 10.2. The summed E-state index contributed by atoms with van der Waals surface area (Å²) in [4.78, 5) is 24.1. The van der Waals surface area contributed by atoms with Gasteiger partial charge in [0, 0.05) is 12.3 Å². The molecule has 0 fully saturated rings. The summed E-state index contributed by atoms with van der Waals surface area (Å²) in [6.45, 7) is 1.74. The molecule has 0 aliphatic rings. The molecule has 8 heteroatoms. The fourth-order valence-electron chi connectivity index (χ4n) is 2.15. The quantitative estimate of drug-likeness (QED) is 0.785. The molecule has 2 aromatic heterocycles. The van der Waals surface area contributed by atoms with E-state index in [0.717, 1.165) is 5.56 Å². The zero-order chi connectivity index (χ0) is 17.1. The number of nitrogens with zero attached hydrogens (tertiary/aromatic N) is 3. The molecule has 0 spiro atoms. The molecule has 3 rings (SSSR count). The second kappa shape index (κ2) is 6.67. The SMILES string of the molecule is Cc1ccc(NC(=O)Cn2cc(-c3nnco3)ccc2=O)c(Cl)c1.